The Morgan fingerprint density at radius 3 is 1.78 bits per heavy atom. The van der Waals surface area contributed by atoms with Gasteiger partial charge in [0.2, 0.25) is 0 Å². The number of rotatable bonds is 9. The average Bonchev–Trinajstić information content (AvgIpc) is 2.24. The summed E-state index contributed by atoms with van der Waals surface area (Å²) in [6, 6.07) is 0. The zero-order valence-corrected chi connectivity index (χ0v) is 11.2. The zero-order chi connectivity index (χ0) is 18.9. The molecular formula is C11H9F9O3. The number of carbonyl (C=O) groups is 2. The Morgan fingerprint density at radius 2 is 1.43 bits per heavy atom. The second-order valence-corrected chi connectivity index (χ2v) is 4.41. The van der Waals surface area contributed by atoms with Crippen molar-refractivity contribution in [3.63, 3.8) is 0 Å². The number of ether oxygens (including phenoxy) is 1. The van der Waals surface area contributed by atoms with Gasteiger partial charge in [-0.15, -0.1) is 0 Å². The fourth-order valence-electron chi connectivity index (χ4n) is 1.19. The van der Waals surface area contributed by atoms with E-state index in [4.69, 9.17) is 0 Å². The molecule has 0 heterocycles. The molecule has 0 saturated heterocycles. The van der Waals surface area contributed by atoms with Gasteiger partial charge in [0.05, 0.1) is 12.8 Å². The molecule has 0 unspecified atom stereocenters. The minimum absolute atomic E-state index is 0.735. The summed E-state index contributed by atoms with van der Waals surface area (Å²) in [6.07, 6.45) is -16.0. The van der Waals surface area contributed by atoms with Crippen LogP contribution in [0.25, 0.3) is 0 Å². The Labute approximate surface area is 123 Å². The number of alkyl halides is 8. The van der Waals surface area contributed by atoms with Gasteiger partial charge in [-0.2, -0.15) is 35.1 Å². The average molecular weight is 360 g/mol. The quantitative estimate of drug-likeness (QED) is 0.463. The Bertz CT molecular complexity index is 499. The fourth-order valence-corrected chi connectivity index (χ4v) is 1.19. The molecule has 0 spiro atoms. The lowest BCUT2D eigenvalue weighted by Crippen LogP contribution is -2.58. The molecule has 0 amide bonds. The summed E-state index contributed by atoms with van der Waals surface area (Å²) in [5.41, 5.74) is 0. The number of ketones is 2. The van der Waals surface area contributed by atoms with Gasteiger partial charge >= 0.3 is 24.1 Å². The molecule has 0 aromatic carbocycles. The summed E-state index contributed by atoms with van der Waals surface area (Å²) in [5.74, 6) is -18.2. The molecule has 0 atom stereocenters. The highest BCUT2D eigenvalue weighted by molar-refractivity contribution is 5.98. The largest absolute Gasteiger partial charge is 0.430 e. The van der Waals surface area contributed by atoms with Crippen LogP contribution in [0.4, 0.5) is 39.5 Å². The SMILES string of the molecule is C=C(F)C(F)(F)OC(F)(F)C(F)(F)C(F)(F)CC(=O)CC(C)=O. The van der Waals surface area contributed by atoms with Crippen LogP contribution in [-0.2, 0) is 14.3 Å². The van der Waals surface area contributed by atoms with Gasteiger partial charge in [-0.3, -0.25) is 9.59 Å². The van der Waals surface area contributed by atoms with Gasteiger partial charge in [-0.05, 0) is 6.92 Å². The second kappa shape index (κ2) is 6.49. The van der Waals surface area contributed by atoms with E-state index in [9.17, 15) is 49.1 Å². The Hall–Kier alpha value is -1.59. The van der Waals surface area contributed by atoms with Crippen molar-refractivity contribution < 1.29 is 53.8 Å². The topological polar surface area (TPSA) is 43.4 Å². The van der Waals surface area contributed by atoms with E-state index in [2.05, 4.69) is 4.74 Å². The van der Waals surface area contributed by atoms with Crippen molar-refractivity contribution in [1.82, 2.24) is 0 Å². The number of carbonyl (C=O) groups excluding carboxylic acids is 2. The molecule has 12 heteroatoms. The predicted molar refractivity (Wildman–Crippen MR) is 56.0 cm³/mol. The van der Waals surface area contributed by atoms with Crippen LogP contribution < -0.4 is 0 Å². The van der Waals surface area contributed by atoms with Gasteiger partial charge in [0.15, 0.2) is 5.83 Å². The third-order valence-electron chi connectivity index (χ3n) is 2.26. The first-order valence-electron chi connectivity index (χ1n) is 5.54. The molecule has 0 rings (SSSR count). The van der Waals surface area contributed by atoms with Crippen molar-refractivity contribution in [3.05, 3.63) is 12.4 Å². The van der Waals surface area contributed by atoms with Crippen molar-refractivity contribution in [2.45, 2.75) is 43.8 Å². The minimum Gasteiger partial charge on any atom is -0.300 e. The van der Waals surface area contributed by atoms with Gasteiger partial charge in [0.25, 0.3) is 0 Å². The van der Waals surface area contributed by atoms with Gasteiger partial charge < -0.3 is 0 Å². The van der Waals surface area contributed by atoms with E-state index in [0.717, 1.165) is 6.92 Å². The Morgan fingerprint density at radius 1 is 1.00 bits per heavy atom. The van der Waals surface area contributed by atoms with Crippen LogP contribution in [0.15, 0.2) is 12.4 Å². The first-order valence-corrected chi connectivity index (χ1v) is 5.54. The summed E-state index contributed by atoms with van der Waals surface area (Å²) in [7, 11) is 0. The van der Waals surface area contributed by atoms with Crippen molar-refractivity contribution in [2.24, 2.45) is 0 Å². The summed E-state index contributed by atoms with van der Waals surface area (Å²) < 4.78 is 118. The van der Waals surface area contributed by atoms with E-state index in [1.165, 1.54) is 0 Å². The lowest BCUT2D eigenvalue weighted by atomic mass is 10.0. The van der Waals surface area contributed by atoms with Gasteiger partial charge in [0, 0.05) is 0 Å². The molecule has 0 radical (unpaired) electrons. The van der Waals surface area contributed by atoms with Gasteiger partial charge in [0.1, 0.15) is 11.6 Å². The van der Waals surface area contributed by atoms with E-state index in [-0.39, 0.29) is 0 Å². The highest BCUT2D eigenvalue weighted by Gasteiger charge is 2.75. The molecular weight excluding hydrogens is 351 g/mol. The van der Waals surface area contributed by atoms with E-state index in [1.54, 1.807) is 0 Å². The molecule has 0 aromatic rings. The fraction of sp³-hybridized carbons (Fsp3) is 0.636. The maximum Gasteiger partial charge on any atom is 0.430 e. The minimum atomic E-state index is -6.61. The standard InChI is InChI=1S/C11H9F9O3/c1-5(21)3-7(22)4-8(13,14)10(17,18)11(19,20)23-9(15,16)6(2)12/h2-4H2,1H3. The van der Waals surface area contributed by atoms with Crippen LogP contribution in [0, 0.1) is 0 Å². The third kappa shape index (κ3) is 4.94. The van der Waals surface area contributed by atoms with Gasteiger partial charge in [-0.25, -0.2) is 9.13 Å². The van der Waals surface area contributed by atoms with Crippen molar-refractivity contribution in [1.29, 1.82) is 0 Å². The van der Waals surface area contributed by atoms with Gasteiger partial charge in [-0.1, -0.05) is 6.58 Å². The molecule has 23 heavy (non-hydrogen) atoms. The molecule has 0 aliphatic carbocycles. The summed E-state index contributed by atoms with van der Waals surface area (Å²) in [6.45, 7) is 2.57. The van der Waals surface area contributed by atoms with Crippen LogP contribution in [0.5, 0.6) is 0 Å². The first kappa shape index (κ1) is 21.4. The zero-order valence-electron chi connectivity index (χ0n) is 11.2. The Balaban J connectivity index is 5.44. The smallest absolute Gasteiger partial charge is 0.300 e. The third-order valence-corrected chi connectivity index (χ3v) is 2.26. The van der Waals surface area contributed by atoms with E-state index in [1.807, 2.05) is 6.58 Å². The predicted octanol–water partition coefficient (Wildman–Crippen LogP) is 3.88. The van der Waals surface area contributed by atoms with Crippen molar-refractivity contribution in [2.75, 3.05) is 0 Å². The summed E-state index contributed by atoms with van der Waals surface area (Å²) >= 11 is 0. The van der Waals surface area contributed by atoms with E-state index < -0.39 is 54.3 Å². The van der Waals surface area contributed by atoms with E-state index >= 15 is 0 Å². The summed E-state index contributed by atoms with van der Waals surface area (Å²) in [5, 5.41) is 0. The molecule has 134 valence electrons. The molecule has 0 aromatic heterocycles. The lowest BCUT2D eigenvalue weighted by Gasteiger charge is -2.33. The first-order chi connectivity index (χ1) is 9.96. The maximum absolute atomic E-state index is 13.2. The molecule has 0 bridgehead atoms. The molecule has 3 nitrogen and oxygen atoms in total. The lowest BCUT2D eigenvalue weighted by molar-refractivity contribution is -0.451. The van der Waals surface area contributed by atoms with Crippen LogP contribution in [0.3, 0.4) is 0 Å². The van der Waals surface area contributed by atoms with Crippen molar-refractivity contribution in [3.8, 4) is 0 Å². The highest BCUT2D eigenvalue weighted by Crippen LogP contribution is 2.50. The molecule has 0 saturated carbocycles. The number of hydrogen-bond donors (Lipinski definition) is 0. The van der Waals surface area contributed by atoms with E-state index in [0.29, 0.717) is 0 Å². The maximum atomic E-state index is 13.2. The Kier molecular flexibility index (Phi) is 6.05. The second-order valence-electron chi connectivity index (χ2n) is 4.41. The molecule has 0 aliphatic rings. The molecule has 0 aliphatic heterocycles. The van der Waals surface area contributed by atoms with Crippen LogP contribution in [-0.4, -0.2) is 35.6 Å². The molecule has 0 fully saturated rings. The number of halogens is 9. The molecule has 0 N–H and O–H groups in total. The van der Waals surface area contributed by atoms with Crippen LogP contribution >= 0.6 is 0 Å². The van der Waals surface area contributed by atoms with Crippen LogP contribution in [0.2, 0.25) is 0 Å². The number of hydrogen-bond acceptors (Lipinski definition) is 3. The number of Topliss-reactive ketones (excluding diaryl/α,β-unsaturated/α-hetero) is 2. The van der Waals surface area contributed by atoms with Crippen molar-refractivity contribution >= 4 is 11.6 Å². The monoisotopic (exact) mass is 360 g/mol. The summed E-state index contributed by atoms with van der Waals surface area (Å²) in [4.78, 5) is 21.4. The highest BCUT2D eigenvalue weighted by atomic mass is 19.4. The van der Waals surface area contributed by atoms with Crippen LogP contribution in [0.1, 0.15) is 19.8 Å². The normalized spacial score (nSPS) is 13.8.